The van der Waals surface area contributed by atoms with Gasteiger partial charge in [-0.2, -0.15) is 0 Å². The molecule has 0 unspecified atom stereocenters. The smallest absolute Gasteiger partial charge is 0.284 e. The molecule has 0 aliphatic carbocycles. The third-order valence-electron chi connectivity index (χ3n) is 2.35. The van der Waals surface area contributed by atoms with Gasteiger partial charge < -0.3 is 14.8 Å². The molecule has 0 saturated carbocycles. The van der Waals surface area contributed by atoms with Crippen LogP contribution in [-0.2, 0) is 9.47 Å². The Balaban J connectivity index is 2.82. The fourth-order valence-electron chi connectivity index (χ4n) is 1.37. The molecule has 0 aliphatic rings. The van der Waals surface area contributed by atoms with E-state index in [1.165, 1.54) is 26.4 Å². The van der Waals surface area contributed by atoms with Crippen molar-refractivity contribution < 1.29 is 14.4 Å². The summed E-state index contributed by atoms with van der Waals surface area (Å²) in [6.07, 6.45) is 0. The Bertz CT molecular complexity index is 505. The SMILES string of the molecule is COC(OC)=C(C)C(=S)Nc1ccc([N+](=O)[O-])cc1. The number of nitro groups is 1. The highest BCUT2D eigenvalue weighted by molar-refractivity contribution is 7.81. The third-order valence-corrected chi connectivity index (χ3v) is 2.76. The van der Waals surface area contributed by atoms with E-state index in [-0.39, 0.29) is 5.69 Å². The molecule has 102 valence electrons. The first-order valence-corrected chi connectivity index (χ1v) is 5.75. The van der Waals surface area contributed by atoms with E-state index in [1.54, 1.807) is 19.1 Å². The number of methoxy groups -OCH3 is 2. The number of non-ortho nitro benzene ring substituents is 1. The first kappa shape index (κ1) is 14.9. The highest BCUT2D eigenvalue weighted by Crippen LogP contribution is 2.17. The third kappa shape index (κ3) is 3.92. The molecular formula is C12H14N2O4S. The molecule has 0 saturated heterocycles. The van der Waals surface area contributed by atoms with Gasteiger partial charge in [-0.25, -0.2) is 0 Å². The lowest BCUT2D eigenvalue weighted by atomic mass is 10.2. The first-order valence-electron chi connectivity index (χ1n) is 5.34. The fraction of sp³-hybridized carbons (Fsp3) is 0.250. The van der Waals surface area contributed by atoms with Crippen LogP contribution in [0.1, 0.15) is 6.92 Å². The Kier molecular flexibility index (Phi) is 5.25. The van der Waals surface area contributed by atoms with Crippen molar-refractivity contribution in [2.24, 2.45) is 0 Å². The summed E-state index contributed by atoms with van der Waals surface area (Å²) >= 11 is 5.19. The Morgan fingerprint density at radius 2 is 1.79 bits per heavy atom. The van der Waals surface area contributed by atoms with E-state index >= 15 is 0 Å². The zero-order valence-electron chi connectivity index (χ0n) is 10.8. The fourth-order valence-corrected chi connectivity index (χ4v) is 1.57. The number of anilines is 1. The maximum Gasteiger partial charge on any atom is 0.284 e. The number of rotatable bonds is 5. The summed E-state index contributed by atoms with van der Waals surface area (Å²) in [6.45, 7) is 1.75. The summed E-state index contributed by atoms with van der Waals surface area (Å²) in [5.74, 6) is 0.319. The van der Waals surface area contributed by atoms with Gasteiger partial charge in [0.05, 0.1) is 24.7 Å². The lowest BCUT2D eigenvalue weighted by Gasteiger charge is -2.11. The molecule has 1 rings (SSSR count). The van der Waals surface area contributed by atoms with Gasteiger partial charge in [0.25, 0.3) is 11.6 Å². The number of nitrogens with zero attached hydrogens (tertiary/aromatic N) is 1. The number of ether oxygens (including phenoxy) is 2. The molecule has 1 N–H and O–H groups in total. The molecule has 6 nitrogen and oxygen atoms in total. The predicted octanol–water partition coefficient (Wildman–Crippen LogP) is 2.86. The van der Waals surface area contributed by atoms with Crippen molar-refractivity contribution in [3.8, 4) is 0 Å². The maximum atomic E-state index is 10.5. The van der Waals surface area contributed by atoms with Crippen LogP contribution in [0.25, 0.3) is 0 Å². The largest absolute Gasteiger partial charge is 0.468 e. The normalized spacial score (nSPS) is 9.42. The summed E-state index contributed by atoms with van der Waals surface area (Å²) in [4.78, 5) is 10.5. The van der Waals surface area contributed by atoms with Gasteiger partial charge in [0.2, 0.25) is 0 Å². The van der Waals surface area contributed by atoms with E-state index in [9.17, 15) is 10.1 Å². The molecule has 0 aromatic heterocycles. The van der Waals surface area contributed by atoms with Crippen LogP contribution < -0.4 is 5.32 Å². The van der Waals surface area contributed by atoms with Crippen LogP contribution in [0.15, 0.2) is 35.8 Å². The number of hydrogen-bond donors (Lipinski definition) is 1. The van der Waals surface area contributed by atoms with Gasteiger partial charge in [-0.1, -0.05) is 12.2 Å². The van der Waals surface area contributed by atoms with Crippen molar-refractivity contribution in [1.82, 2.24) is 0 Å². The number of benzene rings is 1. The number of hydrogen-bond acceptors (Lipinski definition) is 5. The highest BCUT2D eigenvalue weighted by Gasteiger charge is 2.10. The number of thiocarbonyl (C=S) groups is 1. The van der Waals surface area contributed by atoms with Crippen LogP contribution in [-0.4, -0.2) is 24.1 Å². The topological polar surface area (TPSA) is 73.6 Å². The number of nitro benzene ring substituents is 1. The predicted molar refractivity (Wildman–Crippen MR) is 76.0 cm³/mol. The van der Waals surface area contributed by atoms with Crippen LogP contribution >= 0.6 is 12.2 Å². The zero-order chi connectivity index (χ0) is 14.4. The minimum absolute atomic E-state index is 0.0261. The summed E-state index contributed by atoms with van der Waals surface area (Å²) < 4.78 is 10.0. The molecule has 7 heteroatoms. The van der Waals surface area contributed by atoms with E-state index in [0.717, 1.165) is 0 Å². The van der Waals surface area contributed by atoms with Gasteiger partial charge >= 0.3 is 0 Å². The molecule has 1 aromatic carbocycles. The van der Waals surface area contributed by atoms with Crippen molar-refractivity contribution in [3.63, 3.8) is 0 Å². The Morgan fingerprint density at radius 1 is 1.26 bits per heavy atom. The summed E-state index contributed by atoms with van der Waals surface area (Å²) in [7, 11) is 2.97. The molecule has 0 bridgehead atoms. The van der Waals surface area contributed by atoms with Crippen molar-refractivity contribution in [3.05, 3.63) is 45.9 Å². The van der Waals surface area contributed by atoms with Gasteiger partial charge in [-0.05, 0) is 19.1 Å². The van der Waals surface area contributed by atoms with Crippen LogP contribution in [0.2, 0.25) is 0 Å². The monoisotopic (exact) mass is 282 g/mol. The molecule has 0 radical (unpaired) electrons. The van der Waals surface area contributed by atoms with Gasteiger partial charge in [-0.3, -0.25) is 10.1 Å². The molecule has 0 fully saturated rings. The van der Waals surface area contributed by atoms with Gasteiger partial charge in [-0.15, -0.1) is 0 Å². The summed E-state index contributed by atoms with van der Waals surface area (Å²) in [5, 5.41) is 13.5. The lowest BCUT2D eigenvalue weighted by Crippen LogP contribution is -2.13. The minimum Gasteiger partial charge on any atom is -0.468 e. The Hall–Kier alpha value is -2.15. The van der Waals surface area contributed by atoms with Crippen molar-refractivity contribution in [2.75, 3.05) is 19.5 Å². The van der Waals surface area contributed by atoms with E-state index in [0.29, 0.717) is 22.2 Å². The molecule has 0 aliphatic heterocycles. The van der Waals surface area contributed by atoms with Crippen molar-refractivity contribution >= 4 is 28.6 Å². The second-order valence-electron chi connectivity index (χ2n) is 3.58. The Labute approximate surface area is 116 Å². The maximum absolute atomic E-state index is 10.5. The average molecular weight is 282 g/mol. The lowest BCUT2D eigenvalue weighted by molar-refractivity contribution is -0.384. The second kappa shape index (κ2) is 6.69. The quantitative estimate of drug-likeness (QED) is 0.294. The van der Waals surface area contributed by atoms with Crippen molar-refractivity contribution in [1.29, 1.82) is 0 Å². The van der Waals surface area contributed by atoms with Crippen LogP contribution in [0, 0.1) is 10.1 Å². The zero-order valence-corrected chi connectivity index (χ0v) is 11.6. The van der Waals surface area contributed by atoms with Gasteiger partial charge in [0, 0.05) is 17.8 Å². The number of nitrogens with one attached hydrogen (secondary N) is 1. The second-order valence-corrected chi connectivity index (χ2v) is 3.99. The van der Waals surface area contributed by atoms with Gasteiger partial charge in [0.1, 0.15) is 4.99 Å². The highest BCUT2D eigenvalue weighted by atomic mass is 32.1. The summed E-state index contributed by atoms with van der Waals surface area (Å²) in [5.41, 5.74) is 1.32. The van der Waals surface area contributed by atoms with E-state index in [1.807, 2.05) is 0 Å². The first-order chi connectivity index (χ1) is 8.99. The van der Waals surface area contributed by atoms with Crippen LogP contribution in [0.3, 0.4) is 0 Å². The molecule has 0 heterocycles. The van der Waals surface area contributed by atoms with Crippen LogP contribution in [0.4, 0.5) is 11.4 Å². The molecule has 0 amide bonds. The van der Waals surface area contributed by atoms with Crippen molar-refractivity contribution in [2.45, 2.75) is 6.92 Å². The van der Waals surface area contributed by atoms with Crippen LogP contribution in [0.5, 0.6) is 0 Å². The molecule has 1 aromatic rings. The minimum atomic E-state index is -0.457. The molecule has 19 heavy (non-hydrogen) atoms. The standard InChI is InChI=1S/C12H14N2O4S/c1-8(12(17-2)18-3)11(19)13-9-4-6-10(7-5-9)14(15)16/h4-7H,1-3H3,(H,13,19). The van der Waals surface area contributed by atoms with E-state index < -0.39 is 4.92 Å². The molecule has 0 atom stereocenters. The molecule has 0 spiro atoms. The average Bonchev–Trinajstić information content (AvgIpc) is 2.40. The molecular weight excluding hydrogens is 268 g/mol. The van der Waals surface area contributed by atoms with E-state index in [2.05, 4.69) is 5.32 Å². The van der Waals surface area contributed by atoms with E-state index in [4.69, 9.17) is 21.7 Å². The Morgan fingerprint density at radius 3 is 2.21 bits per heavy atom. The van der Waals surface area contributed by atoms with Gasteiger partial charge in [0.15, 0.2) is 0 Å². The summed E-state index contributed by atoms with van der Waals surface area (Å²) in [6, 6.07) is 5.96.